The van der Waals surface area contributed by atoms with Crippen molar-refractivity contribution >= 4 is 5.82 Å². The molecule has 16 heavy (non-hydrogen) atoms. The van der Waals surface area contributed by atoms with Crippen molar-refractivity contribution in [2.24, 2.45) is 0 Å². The van der Waals surface area contributed by atoms with E-state index in [1.165, 1.54) is 17.7 Å². The van der Waals surface area contributed by atoms with Crippen LogP contribution in [0, 0.1) is 0 Å². The maximum atomic E-state index is 4.33. The van der Waals surface area contributed by atoms with Crippen LogP contribution >= 0.6 is 0 Å². The first-order valence-corrected chi connectivity index (χ1v) is 6.06. The van der Waals surface area contributed by atoms with Gasteiger partial charge in [-0.25, -0.2) is 9.97 Å². The highest BCUT2D eigenvalue weighted by Gasteiger charge is 2.16. The lowest BCUT2D eigenvalue weighted by Crippen LogP contribution is -2.25. The van der Waals surface area contributed by atoms with Crippen molar-refractivity contribution in [1.29, 1.82) is 0 Å². The molecule has 88 valence electrons. The number of nitrogens with zero attached hydrogens (tertiary/aromatic N) is 3. The minimum atomic E-state index is 0.952. The molecular formula is C12H20N4. The number of rotatable bonds is 5. The molecule has 2 rings (SSSR count). The molecule has 4 heteroatoms. The molecule has 1 aliphatic rings. The van der Waals surface area contributed by atoms with E-state index in [4.69, 9.17) is 0 Å². The van der Waals surface area contributed by atoms with E-state index in [1.807, 2.05) is 0 Å². The first kappa shape index (κ1) is 11.3. The number of fused-ring (bicyclic) bond motifs is 1. The van der Waals surface area contributed by atoms with Crippen LogP contribution in [0.25, 0.3) is 0 Å². The SMILES string of the molecule is CCN(C)CCNc1ncnc2c1CCC2. The highest BCUT2D eigenvalue weighted by Crippen LogP contribution is 2.24. The summed E-state index contributed by atoms with van der Waals surface area (Å²) < 4.78 is 0. The maximum absolute atomic E-state index is 4.33. The Morgan fingerprint density at radius 1 is 1.38 bits per heavy atom. The van der Waals surface area contributed by atoms with Crippen molar-refractivity contribution in [2.45, 2.75) is 26.2 Å². The van der Waals surface area contributed by atoms with Crippen molar-refractivity contribution in [3.05, 3.63) is 17.6 Å². The van der Waals surface area contributed by atoms with Crippen LogP contribution in [0.1, 0.15) is 24.6 Å². The van der Waals surface area contributed by atoms with Crippen LogP contribution < -0.4 is 5.32 Å². The van der Waals surface area contributed by atoms with Gasteiger partial charge in [0.2, 0.25) is 0 Å². The predicted octanol–water partition coefficient (Wildman–Crippen LogP) is 1.33. The summed E-state index contributed by atoms with van der Waals surface area (Å²) in [7, 11) is 2.13. The summed E-state index contributed by atoms with van der Waals surface area (Å²) in [4.78, 5) is 10.9. The van der Waals surface area contributed by atoms with E-state index < -0.39 is 0 Å². The molecule has 0 fully saturated rings. The molecule has 0 atom stereocenters. The van der Waals surface area contributed by atoms with Crippen molar-refractivity contribution in [3.63, 3.8) is 0 Å². The molecule has 4 nitrogen and oxygen atoms in total. The van der Waals surface area contributed by atoms with Gasteiger partial charge in [0.15, 0.2) is 0 Å². The fraction of sp³-hybridized carbons (Fsp3) is 0.667. The summed E-state index contributed by atoms with van der Waals surface area (Å²) in [6.45, 7) is 5.26. The van der Waals surface area contributed by atoms with Gasteiger partial charge in [0.1, 0.15) is 12.1 Å². The molecule has 0 saturated carbocycles. The zero-order valence-corrected chi connectivity index (χ0v) is 10.2. The third-order valence-electron chi connectivity index (χ3n) is 3.20. The smallest absolute Gasteiger partial charge is 0.132 e. The van der Waals surface area contributed by atoms with Crippen LogP contribution in [-0.2, 0) is 12.8 Å². The molecule has 0 saturated heterocycles. The van der Waals surface area contributed by atoms with Crippen LogP contribution in [0.5, 0.6) is 0 Å². The molecule has 1 heterocycles. The van der Waals surface area contributed by atoms with E-state index in [1.54, 1.807) is 6.33 Å². The molecule has 0 amide bonds. The lowest BCUT2D eigenvalue weighted by molar-refractivity contribution is 0.367. The van der Waals surface area contributed by atoms with Crippen molar-refractivity contribution in [3.8, 4) is 0 Å². The standard InChI is InChI=1S/C12H20N4/c1-3-16(2)8-7-13-12-10-5-4-6-11(10)14-9-15-12/h9H,3-8H2,1-2H3,(H,13,14,15). The molecule has 0 aromatic carbocycles. The van der Waals surface area contributed by atoms with Gasteiger partial charge in [0.05, 0.1) is 0 Å². The second-order valence-corrected chi connectivity index (χ2v) is 4.32. The van der Waals surface area contributed by atoms with E-state index in [0.717, 1.165) is 38.3 Å². The van der Waals surface area contributed by atoms with Crippen LogP contribution in [0.3, 0.4) is 0 Å². The number of nitrogens with one attached hydrogen (secondary N) is 1. The lowest BCUT2D eigenvalue weighted by Gasteiger charge is -2.15. The number of hydrogen-bond donors (Lipinski definition) is 1. The Kier molecular flexibility index (Phi) is 3.72. The Hall–Kier alpha value is -1.16. The van der Waals surface area contributed by atoms with Gasteiger partial charge in [0, 0.05) is 24.3 Å². The Bertz CT molecular complexity index is 351. The van der Waals surface area contributed by atoms with Crippen molar-refractivity contribution in [2.75, 3.05) is 32.0 Å². The number of anilines is 1. The fourth-order valence-electron chi connectivity index (χ4n) is 2.04. The van der Waals surface area contributed by atoms with Crippen molar-refractivity contribution in [1.82, 2.24) is 14.9 Å². The summed E-state index contributed by atoms with van der Waals surface area (Å²) in [5, 5.41) is 3.42. The van der Waals surface area contributed by atoms with E-state index in [2.05, 4.69) is 34.2 Å². The van der Waals surface area contributed by atoms with Crippen molar-refractivity contribution < 1.29 is 0 Å². The van der Waals surface area contributed by atoms with Gasteiger partial charge in [-0.3, -0.25) is 0 Å². The first-order valence-electron chi connectivity index (χ1n) is 6.06. The van der Waals surface area contributed by atoms with E-state index in [9.17, 15) is 0 Å². The van der Waals surface area contributed by atoms with E-state index >= 15 is 0 Å². The third kappa shape index (κ3) is 2.50. The average Bonchev–Trinajstić information content (AvgIpc) is 2.77. The van der Waals surface area contributed by atoms with Gasteiger partial charge in [0.25, 0.3) is 0 Å². The Morgan fingerprint density at radius 3 is 3.06 bits per heavy atom. The minimum Gasteiger partial charge on any atom is -0.368 e. The lowest BCUT2D eigenvalue weighted by atomic mass is 10.2. The highest BCUT2D eigenvalue weighted by atomic mass is 15.1. The van der Waals surface area contributed by atoms with Crippen LogP contribution in [0.4, 0.5) is 5.82 Å². The molecule has 0 aliphatic heterocycles. The summed E-state index contributed by atoms with van der Waals surface area (Å²) in [5.74, 6) is 1.05. The van der Waals surface area contributed by atoms with E-state index in [-0.39, 0.29) is 0 Å². The first-order chi connectivity index (χ1) is 7.81. The van der Waals surface area contributed by atoms with Gasteiger partial charge in [-0.05, 0) is 32.9 Å². The molecule has 0 unspecified atom stereocenters. The normalized spacial score (nSPS) is 14.2. The number of likely N-dealkylation sites (N-methyl/N-ethyl adjacent to an activating group) is 1. The van der Waals surface area contributed by atoms with Crippen LogP contribution in [0.2, 0.25) is 0 Å². The van der Waals surface area contributed by atoms with Gasteiger partial charge < -0.3 is 10.2 Å². The molecule has 1 N–H and O–H groups in total. The fourth-order valence-corrected chi connectivity index (χ4v) is 2.04. The zero-order valence-electron chi connectivity index (χ0n) is 10.2. The largest absolute Gasteiger partial charge is 0.368 e. The molecule has 1 aromatic heterocycles. The Balaban J connectivity index is 1.92. The van der Waals surface area contributed by atoms with Gasteiger partial charge in [-0.15, -0.1) is 0 Å². The average molecular weight is 220 g/mol. The topological polar surface area (TPSA) is 41.0 Å². The summed E-state index contributed by atoms with van der Waals surface area (Å²) in [6, 6.07) is 0. The minimum absolute atomic E-state index is 0.952. The number of hydrogen-bond acceptors (Lipinski definition) is 4. The molecule has 1 aromatic rings. The van der Waals surface area contributed by atoms with Crippen LogP contribution in [0.15, 0.2) is 6.33 Å². The molecular weight excluding hydrogens is 200 g/mol. The summed E-state index contributed by atoms with van der Waals surface area (Å²) in [6.07, 6.45) is 5.14. The second-order valence-electron chi connectivity index (χ2n) is 4.32. The van der Waals surface area contributed by atoms with Gasteiger partial charge >= 0.3 is 0 Å². The van der Waals surface area contributed by atoms with Gasteiger partial charge in [-0.1, -0.05) is 6.92 Å². The summed E-state index contributed by atoms with van der Waals surface area (Å²) >= 11 is 0. The number of aryl methyl sites for hydroxylation is 1. The van der Waals surface area contributed by atoms with Gasteiger partial charge in [-0.2, -0.15) is 0 Å². The molecule has 1 aliphatic carbocycles. The maximum Gasteiger partial charge on any atom is 0.132 e. The third-order valence-corrected chi connectivity index (χ3v) is 3.20. The molecule has 0 bridgehead atoms. The molecule has 0 radical (unpaired) electrons. The second kappa shape index (κ2) is 5.25. The quantitative estimate of drug-likeness (QED) is 0.813. The number of aromatic nitrogens is 2. The van der Waals surface area contributed by atoms with Crippen LogP contribution in [-0.4, -0.2) is 41.5 Å². The Labute approximate surface area is 97.1 Å². The molecule has 0 spiro atoms. The highest BCUT2D eigenvalue weighted by molar-refractivity contribution is 5.47. The Morgan fingerprint density at radius 2 is 2.25 bits per heavy atom. The summed E-state index contributed by atoms with van der Waals surface area (Å²) in [5.41, 5.74) is 2.57. The zero-order chi connectivity index (χ0) is 11.4. The monoisotopic (exact) mass is 220 g/mol. The predicted molar refractivity (Wildman–Crippen MR) is 65.7 cm³/mol. The van der Waals surface area contributed by atoms with E-state index in [0.29, 0.717) is 0 Å².